The normalized spacial score (nSPS) is 21.6. The third-order valence-electron chi connectivity index (χ3n) is 3.35. The molecule has 1 heterocycles. The predicted molar refractivity (Wildman–Crippen MR) is 53.5 cm³/mol. The topological polar surface area (TPSA) is 64.1 Å². The summed E-state index contributed by atoms with van der Waals surface area (Å²) in [4.78, 5) is 0. The molecular weight excluding hydrogens is 178 g/mol. The van der Waals surface area contributed by atoms with Crippen LogP contribution < -0.4 is 5.73 Å². The summed E-state index contributed by atoms with van der Waals surface area (Å²) in [6, 6.07) is 1.86. The summed E-state index contributed by atoms with van der Waals surface area (Å²) in [7, 11) is 1.85. The first kappa shape index (κ1) is 9.68. The zero-order valence-electron chi connectivity index (χ0n) is 8.48. The van der Waals surface area contributed by atoms with Crippen LogP contribution in [0.4, 0.5) is 0 Å². The molecule has 2 rings (SSSR count). The molecule has 0 saturated heterocycles. The van der Waals surface area contributed by atoms with Crippen molar-refractivity contribution in [2.75, 3.05) is 6.54 Å². The quantitative estimate of drug-likeness (QED) is 0.741. The Labute approximate surface area is 83.7 Å². The van der Waals surface area contributed by atoms with Crippen LogP contribution in [0.25, 0.3) is 0 Å². The molecule has 0 spiro atoms. The molecule has 1 aromatic heterocycles. The van der Waals surface area contributed by atoms with Crippen molar-refractivity contribution < 1.29 is 5.11 Å². The molecule has 3 N–H and O–H groups in total. The molecule has 0 radical (unpaired) electrons. The fraction of sp³-hybridized carbons (Fsp3) is 0.700. The molecule has 1 atom stereocenters. The first-order valence-corrected chi connectivity index (χ1v) is 5.06. The minimum Gasteiger partial charge on any atom is -0.386 e. The zero-order chi connectivity index (χ0) is 10.2. The summed E-state index contributed by atoms with van der Waals surface area (Å²) in [6.45, 7) is 0.546. The van der Waals surface area contributed by atoms with Crippen molar-refractivity contribution >= 4 is 0 Å². The van der Waals surface area contributed by atoms with E-state index in [2.05, 4.69) is 5.10 Å². The van der Waals surface area contributed by atoms with E-state index in [0.29, 0.717) is 6.54 Å². The van der Waals surface area contributed by atoms with E-state index >= 15 is 0 Å². The number of nitrogens with two attached hydrogens (primary N) is 1. The predicted octanol–water partition coefficient (Wildman–Crippen LogP) is 0.582. The standard InChI is InChI=1S/C10H17N3O/c1-13-6-3-8(12-13)9(14)10(7-11)4-2-5-10/h3,6,9,14H,2,4-5,7,11H2,1H3/t9-/m0/s1. The van der Waals surface area contributed by atoms with Crippen molar-refractivity contribution in [1.82, 2.24) is 9.78 Å². The Balaban J connectivity index is 2.18. The second kappa shape index (κ2) is 3.37. The summed E-state index contributed by atoms with van der Waals surface area (Å²) >= 11 is 0. The Morgan fingerprint density at radius 2 is 2.43 bits per heavy atom. The number of aryl methyl sites for hydroxylation is 1. The van der Waals surface area contributed by atoms with Gasteiger partial charge in [0.1, 0.15) is 6.10 Å². The van der Waals surface area contributed by atoms with Gasteiger partial charge in [-0.2, -0.15) is 5.10 Å². The molecule has 4 nitrogen and oxygen atoms in total. The van der Waals surface area contributed by atoms with Crippen molar-refractivity contribution in [3.63, 3.8) is 0 Å². The summed E-state index contributed by atoms with van der Waals surface area (Å²) in [5.74, 6) is 0. The van der Waals surface area contributed by atoms with Gasteiger partial charge in [-0.05, 0) is 18.9 Å². The van der Waals surface area contributed by atoms with Crippen molar-refractivity contribution in [3.05, 3.63) is 18.0 Å². The molecule has 1 aliphatic rings. The smallest absolute Gasteiger partial charge is 0.105 e. The van der Waals surface area contributed by atoms with Gasteiger partial charge in [0.25, 0.3) is 0 Å². The SMILES string of the molecule is Cn1ccc([C@H](O)C2(CN)CCC2)n1. The highest BCUT2D eigenvalue weighted by Crippen LogP contribution is 2.48. The van der Waals surface area contributed by atoms with Gasteiger partial charge in [-0.1, -0.05) is 6.42 Å². The van der Waals surface area contributed by atoms with E-state index in [0.717, 1.165) is 18.5 Å². The van der Waals surface area contributed by atoms with E-state index < -0.39 is 6.10 Å². The van der Waals surface area contributed by atoms with Crippen molar-refractivity contribution in [1.29, 1.82) is 0 Å². The van der Waals surface area contributed by atoms with Gasteiger partial charge in [0.2, 0.25) is 0 Å². The molecule has 1 aliphatic carbocycles. The van der Waals surface area contributed by atoms with Crippen LogP contribution in [0.15, 0.2) is 12.3 Å². The van der Waals surface area contributed by atoms with Crippen molar-refractivity contribution in [2.24, 2.45) is 18.2 Å². The lowest BCUT2D eigenvalue weighted by Crippen LogP contribution is -2.42. The minimum atomic E-state index is -0.498. The van der Waals surface area contributed by atoms with Crippen LogP contribution in [0.5, 0.6) is 0 Å². The third-order valence-corrected chi connectivity index (χ3v) is 3.35. The van der Waals surface area contributed by atoms with Gasteiger partial charge in [-0.25, -0.2) is 0 Å². The minimum absolute atomic E-state index is 0.103. The van der Waals surface area contributed by atoms with Gasteiger partial charge >= 0.3 is 0 Å². The highest BCUT2D eigenvalue weighted by molar-refractivity contribution is 5.10. The lowest BCUT2D eigenvalue weighted by Gasteiger charge is -2.44. The Morgan fingerprint density at radius 1 is 1.71 bits per heavy atom. The average Bonchev–Trinajstić information content (AvgIpc) is 2.50. The second-order valence-corrected chi connectivity index (χ2v) is 4.24. The first-order chi connectivity index (χ1) is 6.68. The van der Waals surface area contributed by atoms with Crippen LogP contribution in [0.3, 0.4) is 0 Å². The van der Waals surface area contributed by atoms with Gasteiger partial charge < -0.3 is 10.8 Å². The number of rotatable bonds is 3. The number of aromatic nitrogens is 2. The van der Waals surface area contributed by atoms with Crippen LogP contribution in [0, 0.1) is 5.41 Å². The van der Waals surface area contributed by atoms with E-state index in [9.17, 15) is 5.11 Å². The molecule has 78 valence electrons. The van der Waals surface area contributed by atoms with E-state index in [1.54, 1.807) is 4.68 Å². The molecule has 0 aromatic carbocycles. The molecule has 0 unspecified atom stereocenters. The van der Waals surface area contributed by atoms with Crippen LogP contribution >= 0.6 is 0 Å². The van der Waals surface area contributed by atoms with E-state index in [1.165, 1.54) is 6.42 Å². The van der Waals surface area contributed by atoms with Crippen molar-refractivity contribution in [2.45, 2.75) is 25.4 Å². The Kier molecular flexibility index (Phi) is 2.33. The van der Waals surface area contributed by atoms with Crippen LogP contribution in [-0.4, -0.2) is 21.4 Å². The summed E-state index contributed by atoms with van der Waals surface area (Å²) in [6.07, 6.45) is 4.55. The Hall–Kier alpha value is -0.870. The zero-order valence-corrected chi connectivity index (χ0v) is 8.48. The molecule has 0 aliphatic heterocycles. The van der Waals surface area contributed by atoms with E-state index in [1.807, 2.05) is 19.3 Å². The number of nitrogens with zero attached hydrogens (tertiary/aromatic N) is 2. The average molecular weight is 195 g/mol. The van der Waals surface area contributed by atoms with E-state index in [-0.39, 0.29) is 5.41 Å². The number of aliphatic hydroxyl groups is 1. The van der Waals surface area contributed by atoms with Gasteiger partial charge in [0, 0.05) is 25.2 Å². The summed E-state index contributed by atoms with van der Waals surface area (Å²) < 4.78 is 1.71. The maximum absolute atomic E-state index is 10.1. The Bertz CT molecular complexity index is 311. The monoisotopic (exact) mass is 195 g/mol. The number of aliphatic hydroxyl groups excluding tert-OH is 1. The van der Waals surface area contributed by atoms with Gasteiger partial charge in [0.15, 0.2) is 0 Å². The molecule has 1 fully saturated rings. The Morgan fingerprint density at radius 3 is 2.79 bits per heavy atom. The highest BCUT2D eigenvalue weighted by atomic mass is 16.3. The maximum Gasteiger partial charge on any atom is 0.105 e. The summed E-state index contributed by atoms with van der Waals surface area (Å²) in [5, 5.41) is 14.4. The molecule has 1 saturated carbocycles. The maximum atomic E-state index is 10.1. The first-order valence-electron chi connectivity index (χ1n) is 5.06. The molecule has 0 amide bonds. The largest absolute Gasteiger partial charge is 0.386 e. The lowest BCUT2D eigenvalue weighted by molar-refractivity contribution is -0.0324. The van der Waals surface area contributed by atoms with E-state index in [4.69, 9.17) is 5.73 Å². The van der Waals surface area contributed by atoms with Gasteiger partial charge in [0.05, 0.1) is 5.69 Å². The van der Waals surface area contributed by atoms with Gasteiger partial charge in [-0.3, -0.25) is 4.68 Å². The van der Waals surface area contributed by atoms with Crippen LogP contribution in [0.2, 0.25) is 0 Å². The molecule has 4 heteroatoms. The summed E-state index contributed by atoms with van der Waals surface area (Å²) in [5.41, 5.74) is 6.36. The number of hydrogen-bond donors (Lipinski definition) is 2. The lowest BCUT2D eigenvalue weighted by atomic mass is 9.64. The van der Waals surface area contributed by atoms with Gasteiger partial charge in [-0.15, -0.1) is 0 Å². The third kappa shape index (κ3) is 1.35. The highest BCUT2D eigenvalue weighted by Gasteiger charge is 2.43. The molecular formula is C10H17N3O. The second-order valence-electron chi connectivity index (χ2n) is 4.24. The fourth-order valence-corrected chi connectivity index (χ4v) is 2.11. The van der Waals surface area contributed by atoms with Crippen LogP contribution in [-0.2, 0) is 7.05 Å². The fourth-order valence-electron chi connectivity index (χ4n) is 2.11. The molecule has 1 aromatic rings. The van der Waals surface area contributed by atoms with Crippen LogP contribution in [0.1, 0.15) is 31.1 Å². The molecule has 14 heavy (non-hydrogen) atoms. The number of hydrogen-bond acceptors (Lipinski definition) is 3. The molecule has 0 bridgehead atoms. The van der Waals surface area contributed by atoms with Crippen molar-refractivity contribution in [3.8, 4) is 0 Å².